The molecule has 0 amide bonds. The third-order valence-electron chi connectivity index (χ3n) is 5.58. The molecule has 3 saturated carbocycles. The van der Waals surface area contributed by atoms with Crippen molar-refractivity contribution in [2.45, 2.75) is 33.1 Å². The van der Waals surface area contributed by atoms with E-state index in [0.29, 0.717) is 23.5 Å². The minimum atomic E-state index is -0.722. The summed E-state index contributed by atoms with van der Waals surface area (Å²) in [6, 6.07) is 8.59. The van der Waals surface area contributed by atoms with Crippen LogP contribution in [0.4, 0.5) is 0 Å². The lowest BCUT2D eigenvalue weighted by atomic mass is 9.47. The third kappa shape index (κ3) is 2.61. The highest BCUT2D eigenvalue weighted by Crippen LogP contribution is 2.60. The number of benzene rings is 1. The molecule has 0 aliphatic heterocycles. The molecule has 2 bridgehead atoms. The van der Waals surface area contributed by atoms with Crippen molar-refractivity contribution in [2.75, 3.05) is 6.61 Å². The van der Waals surface area contributed by atoms with Gasteiger partial charge >= 0.3 is 5.97 Å². The number of esters is 1. The summed E-state index contributed by atoms with van der Waals surface area (Å²) < 4.78 is 5.25. The number of carbonyl (C=O) groups excluding carboxylic acids is 2. The Morgan fingerprint density at radius 3 is 2.29 bits per heavy atom. The van der Waals surface area contributed by atoms with Crippen LogP contribution in [0.25, 0.3) is 0 Å². The van der Waals surface area contributed by atoms with Gasteiger partial charge in [-0.25, -0.2) is 4.79 Å². The molecule has 3 nitrogen and oxygen atoms in total. The molecule has 21 heavy (non-hydrogen) atoms. The number of ether oxygens (including phenoxy) is 1. The molecule has 4 rings (SSSR count). The Morgan fingerprint density at radius 1 is 1.10 bits per heavy atom. The number of hydrogen-bond acceptors (Lipinski definition) is 3. The van der Waals surface area contributed by atoms with Gasteiger partial charge in [0.25, 0.3) is 5.78 Å². The third-order valence-corrected chi connectivity index (χ3v) is 5.58. The summed E-state index contributed by atoms with van der Waals surface area (Å²) in [5, 5.41) is 0. The average molecular weight is 286 g/mol. The Hall–Kier alpha value is -1.64. The monoisotopic (exact) mass is 286 g/mol. The van der Waals surface area contributed by atoms with Crippen molar-refractivity contribution in [1.82, 2.24) is 0 Å². The van der Waals surface area contributed by atoms with Gasteiger partial charge in [-0.05, 0) is 42.4 Å². The van der Waals surface area contributed by atoms with Crippen molar-refractivity contribution in [3.05, 3.63) is 35.9 Å². The predicted molar refractivity (Wildman–Crippen MR) is 79.8 cm³/mol. The minimum absolute atomic E-state index is 0.389. The zero-order valence-electron chi connectivity index (χ0n) is 12.7. The lowest BCUT2D eigenvalue weighted by Crippen LogP contribution is -2.51. The summed E-state index contributed by atoms with van der Waals surface area (Å²) in [7, 11) is 0. The summed E-state index contributed by atoms with van der Waals surface area (Å²) >= 11 is 0. The number of ketones is 1. The van der Waals surface area contributed by atoms with E-state index in [4.69, 9.17) is 4.74 Å². The average Bonchev–Trinajstić information content (AvgIpc) is 2.52. The molecule has 0 aromatic heterocycles. The molecule has 2 atom stereocenters. The quantitative estimate of drug-likeness (QED) is 0.483. The van der Waals surface area contributed by atoms with Crippen molar-refractivity contribution in [2.24, 2.45) is 23.2 Å². The highest BCUT2D eigenvalue weighted by Gasteiger charge is 2.52. The van der Waals surface area contributed by atoms with Gasteiger partial charge in [-0.2, -0.15) is 0 Å². The van der Waals surface area contributed by atoms with Gasteiger partial charge in [0.15, 0.2) is 0 Å². The van der Waals surface area contributed by atoms with Gasteiger partial charge in [-0.15, -0.1) is 0 Å². The summed E-state index contributed by atoms with van der Waals surface area (Å²) in [4.78, 5) is 23.8. The molecule has 3 aliphatic rings. The summed E-state index contributed by atoms with van der Waals surface area (Å²) in [6.07, 6.45) is 3.56. The van der Waals surface area contributed by atoms with Crippen LogP contribution in [0, 0.1) is 23.2 Å². The van der Waals surface area contributed by atoms with E-state index in [0.717, 1.165) is 24.7 Å². The van der Waals surface area contributed by atoms with Crippen LogP contribution < -0.4 is 0 Å². The van der Waals surface area contributed by atoms with Crippen molar-refractivity contribution >= 4 is 11.8 Å². The molecule has 0 radical (unpaired) electrons. The maximum Gasteiger partial charge on any atom is 0.379 e. The Bertz CT molecular complexity index is 533. The fraction of sp³-hybridized carbons (Fsp3) is 0.556. The van der Waals surface area contributed by atoms with Crippen LogP contribution in [0.1, 0.15) is 43.5 Å². The van der Waals surface area contributed by atoms with Crippen LogP contribution in [0.5, 0.6) is 0 Å². The zero-order chi connectivity index (χ0) is 15.0. The van der Waals surface area contributed by atoms with Gasteiger partial charge in [0.1, 0.15) is 0 Å². The Labute approximate surface area is 125 Å². The Kier molecular flexibility index (Phi) is 3.60. The second-order valence-corrected chi connectivity index (χ2v) is 7.08. The van der Waals surface area contributed by atoms with Gasteiger partial charge in [0.05, 0.1) is 6.61 Å². The zero-order valence-corrected chi connectivity index (χ0v) is 12.7. The first-order chi connectivity index (χ1) is 9.98. The fourth-order valence-corrected chi connectivity index (χ4v) is 3.93. The van der Waals surface area contributed by atoms with E-state index in [-0.39, 0.29) is 0 Å². The topological polar surface area (TPSA) is 43.4 Å². The minimum Gasteiger partial charge on any atom is -0.459 e. The van der Waals surface area contributed by atoms with E-state index < -0.39 is 11.8 Å². The molecule has 3 aliphatic carbocycles. The number of hydrogen-bond donors (Lipinski definition) is 0. The normalized spacial score (nSPS) is 29.3. The van der Waals surface area contributed by atoms with E-state index in [2.05, 4.69) is 13.8 Å². The lowest BCUT2D eigenvalue weighted by Gasteiger charge is -2.58. The lowest BCUT2D eigenvalue weighted by molar-refractivity contribution is -0.145. The van der Waals surface area contributed by atoms with Gasteiger partial charge in [0, 0.05) is 5.56 Å². The van der Waals surface area contributed by atoms with Crippen molar-refractivity contribution < 1.29 is 14.3 Å². The first-order valence-electron chi connectivity index (χ1n) is 7.75. The van der Waals surface area contributed by atoms with Gasteiger partial charge in [-0.1, -0.05) is 44.2 Å². The molecular formula is C18H22O3. The first kappa shape index (κ1) is 14.3. The number of fused-ring (bicyclic) bond motifs is 2. The summed E-state index contributed by atoms with van der Waals surface area (Å²) in [5.74, 6) is 0.667. The number of carbonyl (C=O) groups is 2. The van der Waals surface area contributed by atoms with Crippen LogP contribution in [-0.4, -0.2) is 18.4 Å². The summed E-state index contributed by atoms with van der Waals surface area (Å²) in [6.45, 7) is 5.07. The first-order valence-corrected chi connectivity index (χ1v) is 7.75. The molecule has 112 valence electrons. The molecule has 1 aromatic carbocycles. The van der Waals surface area contributed by atoms with Gasteiger partial charge in [0.2, 0.25) is 0 Å². The Balaban J connectivity index is 1.50. The van der Waals surface area contributed by atoms with Crippen molar-refractivity contribution in [3.63, 3.8) is 0 Å². The van der Waals surface area contributed by atoms with Gasteiger partial charge < -0.3 is 4.74 Å². The highest BCUT2D eigenvalue weighted by atomic mass is 16.5. The van der Waals surface area contributed by atoms with E-state index in [1.165, 1.54) is 6.42 Å². The maximum absolute atomic E-state index is 11.9. The predicted octanol–water partition coefficient (Wildman–Crippen LogP) is 3.48. The molecule has 0 saturated heterocycles. The molecule has 0 heterocycles. The van der Waals surface area contributed by atoms with E-state index >= 15 is 0 Å². The standard InChI is InChI=1S/C18H22O3/c1-18(2)14-8-12(9-15(18)10-14)11-21-17(20)16(19)13-6-4-3-5-7-13/h3-7,12,14-15H,8-11H2,1-2H3. The van der Waals surface area contributed by atoms with Crippen LogP contribution in [0.15, 0.2) is 30.3 Å². The number of Topliss-reactive ketones (excluding diaryl/α,β-unsaturated/α-hetero) is 1. The second kappa shape index (κ2) is 5.28. The van der Waals surface area contributed by atoms with Crippen LogP contribution >= 0.6 is 0 Å². The molecule has 0 spiro atoms. The molecule has 0 N–H and O–H groups in total. The Morgan fingerprint density at radius 2 is 1.71 bits per heavy atom. The fourth-order valence-electron chi connectivity index (χ4n) is 3.93. The largest absolute Gasteiger partial charge is 0.459 e. The molecular weight excluding hydrogens is 264 g/mol. The smallest absolute Gasteiger partial charge is 0.379 e. The second-order valence-electron chi connectivity index (χ2n) is 7.08. The van der Waals surface area contributed by atoms with Crippen LogP contribution in [-0.2, 0) is 9.53 Å². The molecule has 2 unspecified atom stereocenters. The van der Waals surface area contributed by atoms with E-state index in [9.17, 15) is 9.59 Å². The van der Waals surface area contributed by atoms with Gasteiger partial charge in [-0.3, -0.25) is 4.79 Å². The maximum atomic E-state index is 11.9. The highest BCUT2D eigenvalue weighted by molar-refractivity contribution is 6.40. The molecule has 3 fully saturated rings. The van der Waals surface area contributed by atoms with Crippen molar-refractivity contribution in [1.29, 1.82) is 0 Å². The van der Waals surface area contributed by atoms with Crippen LogP contribution in [0.3, 0.4) is 0 Å². The molecule has 3 heteroatoms. The molecule has 1 aromatic rings. The van der Waals surface area contributed by atoms with E-state index in [1.807, 2.05) is 6.07 Å². The van der Waals surface area contributed by atoms with Crippen molar-refractivity contribution in [3.8, 4) is 0 Å². The summed E-state index contributed by atoms with van der Waals surface area (Å²) in [5.41, 5.74) is 0.857. The van der Waals surface area contributed by atoms with Crippen LogP contribution in [0.2, 0.25) is 0 Å². The number of rotatable bonds is 4. The van der Waals surface area contributed by atoms with E-state index in [1.54, 1.807) is 24.3 Å². The SMILES string of the molecule is CC1(C)C2CC(COC(=O)C(=O)c3ccccc3)CC1C2.